The van der Waals surface area contributed by atoms with E-state index >= 15 is 0 Å². The lowest BCUT2D eigenvalue weighted by molar-refractivity contribution is -0.117. The van der Waals surface area contributed by atoms with Crippen molar-refractivity contribution in [3.05, 3.63) is 36.7 Å². The molecule has 1 amide bonds. The van der Waals surface area contributed by atoms with E-state index in [-0.39, 0.29) is 11.8 Å². The molecule has 0 radical (unpaired) electrons. The third kappa shape index (κ3) is 1.84. The molecule has 1 unspecified atom stereocenters. The van der Waals surface area contributed by atoms with E-state index < -0.39 is 0 Å². The van der Waals surface area contributed by atoms with Crippen molar-refractivity contribution in [3.8, 4) is 0 Å². The van der Waals surface area contributed by atoms with Gasteiger partial charge in [-0.25, -0.2) is 0 Å². The van der Waals surface area contributed by atoms with Crippen LogP contribution in [0.1, 0.15) is 6.42 Å². The highest BCUT2D eigenvalue weighted by atomic mass is 16.2. The minimum Gasteiger partial charge on any atom is -0.330 e. The van der Waals surface area contributed by atoms with E-state index in [0.717, 1.165) is 23.0 Å². The monoisotopic (exact) mass is 241 g/mol. The topological polar surface area (TPSA) is 59.2 Å². The minimum atomic E-state index is 0.166. The Morgan fingerprint density at radius 3 is 3.00 bits per heavy atom. The number of benzene rings is 1. The molecule has 1 aromatic carbocycles. The van der Waals surface area contributed by atoms with Gasteiger partial charge >= 0.3 is 0 Å². The van der Waals surface area contributed by atoms with Gasteiger partial charge in [-0.3, -0.25) is 9.78 Å². The Bertz CT molecular complexity index is 596. The second-order valence-corrected chi connectivity index (χ2v) is 4.72. The molecule has 1 aliphatic rings. The van der Waals surface area contributed by atoms with Gasteiger partial charge in [-0.1, -0.05) is 6.07 Å². The summed E-state index contributed by atoms with van der Waals surface area (Å²) in [5.41, 5.74) is 6.59. The molecule has 2 heterocycles. The summed E-state index contributed by atoms with van der Waals surface area (Å²) in [5.74, 6) is 0.449. The highest BCUT2D eigenvalue weighted by Crippen LogP contribution is 2.27. The number of hydrogen-bond donors (Lipinski definition) is 1. The van der Waals surface area contributed by atoms with Crippen LogP contribution in [0.15, 0.2) is 36.7 Å². The molecule has 1 aromatic heterocycles. The molecule has 1 saturated heterocycles. The van der Waals surface area contributed by atoms with Crippen molar-refractivity contribution in [2.45, 2.75) is 6.42 Å². The fourth-order valence-electron chi connectivity index (χ4n) is 2.43. The zero-order valence-corrected chi connectivity index (χ0v) is 10.0. The standard InChI is InChI=1S/C14H15N3O/c15-7-10-5-14(18)17(9-10)13-2-1-12-8-16-4-3-11(12)6-13/h1-4,6,8,10H,5,7,9,15H2. The van der Waals surface area contributed by atoms with Crippen LogP contribution < -0.4 is 10.6 Å². The summed E-state index contributed by atoms with van der Waals surface area (Å²) >= 11 is 0. The number of hydrogen-bond acceptors (Lipinski definition) is 3. The average molecular weight is 241 g/mol. The quantitative estimate of drug-likeness (QED) is 0.867. The molecule has 4 nitrogen and oxygen atoms in total. The molecule has 18 heavy (non-hydrogen) atoms. The molecule has 0 spiro atoms. The summed E-state index contributed by atoms with van der Waals surface area (Å²) in [5, 5.41) is 2.19. The molecule has 2 aromatic rings. The van der Waals surface area contributed by atoms with Crippen LogP contribution in [0.5, 0.6) is 0 Å². The van der Waals surface area contributed by atoms with Gasteiger partial charge < -0.3 is 10.6 Å². The van der Waals surface area contributed by atoms with E-state index in [1.807, 2.05) is 35.4 Å². The Morgan fingerprint density at radius 1 is 1.33 bits per heavy atom. The number of carbonyl (C=O) groups is 1. The molecular weight excluding hydrogens is 226 g/mol. The number of nitrogens with two attached hydrogens (primary N) is 1. The normalized spacial score (nSPS) is 19.7. The number of rotatable bonds is 2. The lowest BCUT2D eigenvalue weighted by Crippen LogP contribution is -2.25. The van der Waals surface area contributed by atoms with E-state index in [4.69, 9.17) is 5.73 Å². The fraction of sp³-hybridized carbons (Fsp3) is 0.286. The molecule has 1 fully saturated rings. The lowest BCUT2D eigenvalue weighted by Gasteiger charge is -2.17. The molecule has 3 rings (SSSR count). The first kappa shape index (κ1) is 11.2. The van der Waals surface area contributed by atoms with E-state index in [0.29, 0.717) is 13.0 Å². The van der Waals surface area contributed by atoms with Crippen molar-refractivity contribution < 1.29 is 4.79 Å². The van der Waals surface area contributed by atoms with E-state index in [1.54, 1.807) is 6.20 Å². The molecule has 2 N–H and O–H groups in total. The minimum absolute atomic E-state index is 0.166. The van der Waals surface area contributed by atoms with Gasteiger partial charge in [0, 0.05) is 36.4 Å². The van der Waals surface area contributed by atoms with Crippen LogP contribution in [0.2, 0.25) is 0 Å². The van der Waals surface area contributed by atoms with Crippen LogP contribution in [-0.4, -0.2) is 24.0 Å². The first-order chi connectivity index (χ1) is 8.78. The number of carbonyl (C=O) groups excluding carboxylic acids is 1. The molecule has 92 valence electrons. The first-order valence-electron chi connectivity index (χ1n) is 6.12. The van der Waals surface area contributed by atoms with Crippen LogP contribution in [0, 0.1) is 5.92 Å². The summed E-state index contributed by atoms with van der Waals surface area (Å²) in [6, 6.07) is 7.97. The van der Waals surface area contributed by atoms with Crippen molar-refractivity contribution in [3.63, 3.8) is 0 Å². The number of amides is 1. The Balaban J connectivity index is 1.97. The zero-order valence-electron chi connectivity index (χ0n) is 10.0. The first-order valence-corrected chi connectivity index (χ1v) is 6.12. The number of aromatic nitrogens is 1. The van der Waals surface area contributed by atoms with Gasteiger partial charge in [0.1, 0.15) is 0 Å². The van der Waals surface area contributed by atoms with Gasteiger partial charge in [-0.2, -0.15) is 0 Å². The molecule has 1 atom stereocenters. The van der Waals surface area contributed by atoms with Crippen LogP contribution in [0.25, 0.3) is 10.8 Å². The maximum atomic E-state index is 11.9. The summed E-state index contributed by atoms with van der Waals surface area (Å²) in [4.78, 5) is 17.9. The van der Waals surface area contributed by atoms with Gasteiger partial charge in [0.05, 0.1) is 0 Å². The second kappa shape index (κ2) is 4.38. The highest BCUT2D eigenvalue weighted by Gasteiger charge is 2.29. The average Bonchev–Trinajstić information content (AvgIpc) is 2.79. The Morgan fingerprint density at radius 2 is 2.22 bits per heavy atom. The number of fused-ring (bicyclic) bond motifs is 1. The van der Waals surface area contributed by atoms with Crippen LogP contribution in [0.4, 0.5) is 5.69 Å². The lowest BCUT2D eigenvalue weighted by atomic mass is 10.1. The SMILES string of the molecule is NCC1CC(=O)N(c2ccc3cnccc3c2)C1. The second-order valence-electron chi connectivity index (χ2n) is 4.72. The molecule has 0 bridgehead atoms. The van der Waals surface area contributed by atoms with Crippen LogP contribution >= 0.6 is 0 Å². The van der Waals surface area contributed by atoms with Crippen LogP contribution in [0.3, 0.4) is 0 Å². The van der Waals surface area contributed by atoms with E-state index in [2.05, 4.69) is 4.98 Å². The van der Waals surface area contributed by atoms with Crippen molar-refractivity contribution >= 4 is 22.4 Å². The Hall–Kier alpha value is -1.94. The van der Waals surface area contributed by atoms with Crippen molar-refractivity contribution in [1.82, 2.24) is 4.98 Å². The Kier molecular flexibility index (Phi) is 2.72. The molecular formula is C14H15N3O. The number of pyridine rings is 1. The van der Waals surface area contributed by atoms with Gasteiger partial charge in [0.2, 0.25) is 5.91 Å². The molecule has 4 heteroatoms. The van der Waals surface area contributed by atoms with Gasteiger partial charge in [0.15, 0.2) is 0 Å². The van der Waals surface area contributed by atoms with Crippen molar-refractivity contribution in [2.24, 2.45) is 11.7 Å². The zero-order chi connectivity index (χ0) is 12.5. The van der Waals surface area contributed by atoms with Crippen molar-refractivity contribution in [2.75, 3.05) is 18.0 Å². The van der Waals surface area contributed by atoms with Crippen LogP contribution in [-0.2, 0) is 4.79 Å². The summed E-state index contributed by atoms with van der Waals surface area (Å²) in [6.45, 7) is 1.30. The van der Waals surface area contributed by atoms with E-state index in [9.17, 15) is 4.79 Å². The molecule has 0 saturated carbocycles. The smallest absolute Gasteiger partial charge is 0.227 e. The van der Waals surface area contributed by atoms with Gasteiger partial charge in [-0.05, 0) is 36.0 Å². The Labute approximate surface area is 105 Å². The third-order valence-corrected chi connectivity index (χ3v) is 3.47. The third-order valence-electron chi connectivity index (χ3n) is 3.47. The predicted molar refractivity (Wildman–Crippen MR) is 71.3 cm³/mol. The van der Waals surface area contributed by atoms with E-state index in [1.165, 1.54) is 0 Å². The number of nitrogens with zero attached hydrogens (tertiary/aromatic N) is 2. The number of anilines is 1. The highest BCUT2D eigenvalue weighted by molar-refractivity contribution is 5.98. The summed E-state index contributed by atoms with van der Waals surface area (Å²) in [6.07, 6.45) is 4.15. The van der Waals surface area contributed by atoms with Crippen molar-refractivity contribution in [1.29, 1.82) is 0 Å². The predicted octanol–water partition coefficient (Wildman–Crippen LogP) is 1.55. The summed E-state index contributed by atoms with van der Waals surface area (Å²) in [7, 11) is 0. The molecule has 0 aliphatic carbocycles. The maximum Gasteiger partial charge on any atom is 0.227 e. The largest absolute Gasteiger partial charge is 0.330 e. The van der Waals surface area contributed by atoms with Gasteiger partial charge in [0.25, 0.3) is 0 Å². The summed E-state index contributed by atoms with van der Waals surface area (Å²) < 4.78 is 0. The fourth-order valence-corrected chi connectivity index (χ4v) is 2.43. The molecule has 1 aliphatic heterocycles. The van der Waals surface area contributed by atoms with Gasteiger partial charge in [-0.15, -0.1) is 0 Å². The maximum absolute atomic E-state index is 11.9.